The summed E-state index contributed by atoms with van der Waals surface area (Å²) in [5.74, 6) is -0.143. The van der Waals surface area contributed by atoms with E-state index in [2.05, 4.69) is 60.2 Å². The van der Waals surface area contributed by atoms with E-state index in [1.807, 2.05) is 41.3 Å². The number of hydrogen-bond donors (Lipinski definition) is 6. The van der Waals surface area contributed by atoms with Crippen LogP contribution in [0.1, 0.15) is 49.8 Å². The molecule has 3 amide bonds. The molecule has 1 saturated heterocycles. The topological polar surface area (TPSA) is 226 Å². The third-order valence-corrected chi connectivity index (χ3v) is 9.59. The molecule has 1 aliphatic carbocycles. The van der Waals surface area contributed by atoms with Crippen molar-refractivity contribution in [1.82, 2.24) is 35.1 Å². The number of amides is 3. The van der Waals surface area contributed by atoms with Crippen LogP contribution in [0.4, 0.5) is 22.2 Å². The lowest BCUT2D eigenvalue weighted by atomic mass is 9.91. The van der Waals surface area contributed by atoms with Gasteiger partial charge in [0.15, 0.2) is 17.0 Å². The molecule has 4 heterocycles. The van der Waals surface area contributed by atoms with E-state index < -0.39 is 36.2 Å². The Kier molecular flexibility index (Phi) is 14.4. The van der Waals surface area contributed by atoms with Crippen molar-refractivity contribution in [1.29, 1.82) is 0 Å². The number of rotatable bonds is 11. The number of ether oxygens (including phenoxy) is 1. The number of urea groups is 1. The molecule has 0 radical (unpaired) electrons. The van der Waals surface area contributed by atoms with E-state index in [4.69, 9.17) is 9.97 Å². The lowest BCUT2D eigenvalue weighted by Crippen LogP contribution is -2.40. The lowest BCUT2D eigenvalue weighted by molar-refractivity contribution is -0.156. The Morgan fingerprint density at radius 3 is 2.23 bits per heavy atom. The first kappa shape index (κ1) is 42.0. The van der Waals surface area contributed by atoms with Gasteiger partial charge in [0.1, 0.15) is 12.2 Å². The summed E-state index contributed by atoms with van der Waals surface area (Å²) in [4.78, 5) is 64.2. The highest BCUT2D eigenvalue weighted by Crippen LogP contribution is 2.35. The minimum Gasteiger partial charge on any atom is -0.394 e. The number of anilines is 3. The van der Waals surface area contributed by atoms with Gasteiger partial charge in [-0.15, -0.1) is 12.4 Å². The second-order valence-corrected chi connectivity index (χ2v) is 13.5. The van der Waals surface area contributed by atoms with Gasteiger partial charge in [-0.1, -0.05) is 60.7 Å². The van der Waals surface area contributed by atoms with Gasteiger partial charge in [-0.05, 0) is 36.1 Å². The van der Waals surface area contributed by atoms with E-state index in [-0.39, 0.29) is 30.4 Å². The van der Waals surface area contributed by atoms with Gasteiger partial charge >= 0.3 is 18.0 Å². The monoisotopic (exact) mass is 800 g/mol. The summed E-state index contributed by atoms with van der Waals surface area (Å²) in [5.41, 5.74) is 3.89. The number of imidazole rings is 1. The highest BCUT2D eigenvalue weighted by Gasteiger charge is 2.43. The third kappa shape index (κ3) is 10.6. The van der Waals surface area contributed by atoms with Crippen molar-refractivity contribution in [3.05, 3.63) is 103 Å². The summed E-state index contributed by atoms with van der Waals surface area (Å²) in [6.45, 7) is 3.96. The Morgan fingerprint density at radius 1 is 0.947 bits per heavy atom. The fraction of sp³-hybridized carbons (Fsp3) is 0.333. The summed E-state index contributed by atoms with van der Waals surface area (Å²) in [6.07, 6.45) is 4.03. The third-order valence-electron chi connectivity index (χ3n) is 9.59. The van der Waals surface area contributed by atoms with Crippen molar-refractivity contribution in [2.75, 3.05) is 35.2 Å². The first-order valence-corrected chi connectivity index (χ1v) is 18.2. The van der Waals surface area contributed by atoms with Gasteiger partial charge in [0, 0.05) is 51.6 Å². The molecule has 6 N–H and O–H groups in total. The number of fused-ring (bicyclic) bond motifs is 1. The van der Waals surface area contributed by atoms with E-state index in [0.717, 1.165) is 11.1 Å². The number of aromatic nitrogens is 5. The van der Waals surface area contributed by atoms with Gasteiger partial charge < -0.3 is 45.7 Å². The van der Waals surface area contributed by atoms with Crippen molar-refractivity contribution in [2.24, 2.45) is 0 Å². The zero-order valence-corrected chi connectivity index (χ0v) is 32.1. The molecule has 0 unspecified atom stereocenters. The Hall–Kier alpha value is -6.17. The number of halogens is 1. The number of nitrogens with zero attached hydrogens (tertiary/aromatic N) is 6. The van der Waals surface area contributed by atoms with Crippen molar-refractivity contribution < 1.29 is 34.1 Å². The van der Waals surface area contributed by atoms with Crippen LogP contribution in [0.2, 0.25) is 0 Å². The van der Waals surface area contributed by atoms with Crippen LogP contribution in [0, 0.1) is 0 Å². The SMILES string of the molecule is CC(=O)OC(C)=O.Cl.O=CN[C@H]1C[C@@H](n2cnc3c(NCC(c4ccccc4)c4ccccc4)nc(N4CC[C@@H](NC(=O)Nc5cccnc5)C4)nc32)[C@H](O)[C@@H]1O. The highest BCUT2D eigenvalue weighted by atomic mass is 35.5. The minimum absolute atomic E-state index is 0. The predicted molar refractivity (Wildman–Crippen MR) is 214 cm³/mol. The standard InChI is InChI=1S/C35H38N10O4.C4H6O3.ClH/c46-21-39-27-16-28(31(48)30(27)47)45-20-38-29-32(37-18-26(22-8-3-1-4-9-22)23-10-5-2-6-11-23)42-34(43-33(29)45)44-15-13-25(19-44)41-35(49)40-24-12-7-14-36-17-24;1-3(5)7-4(2)6;/h1-12,14,17,20-21,25-28,30-31,47-48H,13,15-16,18-19H2,(H,39,46)(H,37,42,43)(H2,40,41,49);1-2H3;1H/t25-,27+,28-,30-,31+;;/m1../s1. The molecule has 0 spiro atoms. The first-order chi connectivity index (χ1) is 27.1. The number of carbonyl (C=O) groups is 4. The maximum absolute atomic E-state index is 12.7. The van der Waals surface area contributed by atoms with Crippen molar-refractivity contribution in [3.63, 3.8) is 0 Å². The van der Waals surface area contributed by atoms with E-state index in [1.165, 1.54) is 13.8 Å². The molecule has 2 aromatic carbocycles. The fourth-order valence-corrected chi connectivity index (χ4v) is 7.00. The number of carbonyl (C=O) groups excluding carboxylic acids is 4. The Bertz CT molecular complexity index is 2060. The normalized spacial score (nSPS) is 19.8. The van der Waals surface area contributed by atoms with Gasteiger partial charge in [0.05, 0.1) is 30.3 Å². The zero-order valence-electron chi connectivity index (χ0n) is 31.3. The van der Waals surface area contributed by atoms with Gasteiger partial charge in [-0.3, -0.25) is 19.4 Å². The highest BCUT2D eigenvalue weighted by molar-refractivity contribution is 5.89. The second-order valence-electron chi connectivity index (χ2n) is 13.5. The van der Waals surface area contributed by atoms with Gasteiger partial charge in [0.25, 0.3) is 0 Å². The summed E-state index contributed by atoms with van der Waals surface area (Å²) in [5, 5.41) is 33.7. The van der Waals surface area contributed by atoms with E-state index in [0.29, 0.717) is 67.5 Å². The van der Waals surface area contributed by atoms with Gasteiger partial charge in [0.2, 0.25) is 12.4 Å². The van der Waals surface area contributed by atoms with Crippen LogP contribution < -0.4 is 26.2 Å². The van der Waals surface area contributed by atoms with Crippen LogP contribution in [0.3, 0.4) is 0 Å². The average molecular weight is 801 g/mol. The number of esters is 2. The summed E-state index contributed by atoms with van der Waals surface area (Å²) >= 11 is 0. The molecule has 7 rings (SSSR count). The maximum Gasteiger partial charge on any atom is 0.319 e. The molecule has 57 heavy (non-hydrogen) atoms. The number of nitrogens with one attached hydrogen (secondary N) is 4. The molecule has 5 aromatic rings. The van der Waals surface area contributed by atoms with Crippen LogP contribution >= 0.6 is 12.4 Å². The summed E-state index contributed by atoms with van der Waals surface area (Å²) in [6, 6.07) is 22.4. The predicted octanol–water partition coefficient (Wildman–Crippen LogP) is 3.16. The molecule has 3 aromatic heterocycles. The van der Waals surface area contributed by atoms with Crippen LogP contribution in [0.25, 0.3) is 11.2 Å². The number of hydrogen-bond acceptors (Lipinski definition) is 13. The van der Waals surface area contributed by atoms with Gasteiger partial charge in [-0.2, -0.15) is 9.97 Å². The zero-order chi connectivity index (χ0) is 39.6. The molecule has 17 nitrogen and oxygen atoms in total. The number of pyridine rings is 1. The van der Waals surface area contributed by atoms with Crippen LogP contribution in [-0.4, -0.2) is 103 Å². The van der Waals surface area contributed by atoms with Gasteiger partial charge in [-0.25, -0.2) is 9.78 Å². The van der Waals surface area contributed by atoms with Crippen LogP contribution in [0.5, 0.6) is 0 Å². The molecule has 1 saturated carbocycles. The summed E-state index contributed by atoms with van der Waals surface area (Å²) in [7, 11) is 0. The molecule has 300 valence electrons. The first-order valence-electron chi connectivity index (χ1n) is 18.2. The molecule has 1 aliphatic heterocycles. The largest absolute Gasteiger partial charge is 0.394 e. The number of benzene rings is 2. The average Bonchev–Trinajstić information content (AvgIpc) is 3.90. The Morgan fingerprint density at radius 2 is 1.63 bits per heavy atom. The van der Waals surface area contributed by atoms with E-state index in [1.54, 1.807) is 35.4 Å². The second kappa shape index (κ2) is 19.6. The molecule has 18 heteroatoms. The van der Waals surface area contributed by atoms with Crippen molar-refractivity contribution >= 4 is 65.4 Å². The molecular weight excluding hydrogens is 756 g/mol. The van der Waals surface area contributed by atoms with Crippen molar-refractivity contribution in [2.45, 2.75) is 62.9 Å². The quantitative estimate of drug-likeness (QED) is 0.0642. The smallest absolute Gasteiger partial charge is 0.319 e. The molecular formula is C39H45ClN10O7. The molecule has 2 aliphatic rings. The Balaban J connectivity index is 0.000000711. The van der Waals surface area contributed by atoms with Crippen molar-refractivity contribution in [3.8, 4) is 0 Å². The minimum atomic E-state index is -1.15. The van der Waals surface area contributed by atoms with E-state index in [9.17, 15) is 29.4 Å². The number of aliphatic hydroxyl groups excluding tert-OH is 2. The summed E-state index contributed by atoms with van der Waals surface area (Å²) < 4.78 is 5.73. The number of aliphatic hydroxyl groups is 2. The maximum atomic E-state index is 12.7. The molecule has 5 atom stereocenters. The van der Waals surface area contributed by atoms with E-state index >= 15 is 0 Å². The molecule has 2 fully saturated rings. The van der Waals surface area contributed by atoms with Crippen LogP contribution in [0.15, 0.2) is 91.5 Å². The van der Waals surface area contributed by atoms with Crippen LogP contribution in [-0.2, 0) is 19.1 Å². The lowest BCUT2D eigenvalue weighted by Gasteiger charge is -2.22. The molecule has 0 bridgehead atoms. The fourth-order valence-electron chi connectivity index (χ4n) is 7.00. The Labute approximate surface area is 334 Å².